The molecule has 1 amide bonds. The number of aromatic amines is 1. The zero-order valence-corrected chi connectivity index (χ0v) is 11.0. The van der Waals surface area contributed by atoms with Crippen LogP contribution in [0.5, 0.6) is 0 Å². The molecule has 21 heavy (non-hydrogen) atoms. The third kappa shape index (κ3) is 2.65. The number of hydrogen-bond acceptors (Lipinski definition) is 6. The Hall–Kier alpha value is -3.00. The van der Waals surface area contributed by atoms with Crippen molar-refractivity contribution in [2.24, 2.45) is 5.84 Å². The summed E-state index contributed by atoms with van der Waals surface area (Å²) >= 11 is 0. The summed E-state index contributed by atoms with van der Waals surface area (Å²) in [6.45, 7) is 0.265. The van der Waals surface area contributed by atoms with E-state index in [1.807, 2.05) is 24.3 Å². The van der Waals surface area contributed by atoms with Gasteiger partial charge in [-0.3, -0.25) is 9.89 Å². The molecule has 2 aromatic heterocycles. The number of carbonyl (C=O) groups is 1. The third-order valence-electron chi connectivity index (χ3n) is 2.99. The number of anilines is 1. The molecule has 0 saturated heterocycles. The van der Waals surface area contributed by atoms with Crippen LogP contribution in [-0.2, 0) is 6.54 Å². The zero-order valence-electron chi connectivity index (χ0n) is 11.0. The number of nitrogens with one attached hydrogen (secondary N) is 3. The lowest BCUT2D eigenvalue weighted by Gasteiger charge is -2.09. The van der Waals surface area contributed by atoms with Crippen molar-refractivity contribution in [3.05, 3.63) is 48.0 Å². The van der Waals surface area contributed by atoms with Crippen molar-refractivity contribution in [1.29, 1.82) is 0 Å². The van der Waals surface area contributed by atoms with Crippen LogP contribution in [0.3, 0.4) is 0 Å². The number of rotatable bonds is 4. The summed E-state index contributed by atoms with van der Waals surface area (Å²) in [5, 5.41) is 9.94. The highest BCUT2D eigenvalue weighted by Gasteiger charge is 2.12. The highest BCUT2D eigenvalue weighted by molar-refractivity contribution is 6.06. The third-order valence-corrected chi connectivity index (χ3v) is 2.99. The fourth-order valence-corrected chi connectivity index (χ4v) is 2.01. The number of fused-ring (bicyclic) bond motifs is 1. The largest absolute Gasteiger partial charge is 0.345 e. The average molecular weight is 283 g/mol. The molecule has 0 spiro atoms. The minimum atomic E-state index is -0.235. The number of aromatic nitrogens is 4. The van der Waals surface area contributed by atoms with Crippen LogP contribution in [0.1, 0.15) is 16.2 Å². The summed E-state index contributed by atoms with van der Waals surface area (Å²) < 4.78 is 0. The fraction of sp³-hybridized carbons (Fsp3) is 0.0769. The van der Waals surface area contributed by atoms with Gasteiger partial charge in [0, 0.05) is 5.39 Å². The highest BCUT2D eigenvalue weighted by atomic mass is 16.1. The average Bonchev–Trinajstić information content (AvgIpc) is 3.05. The molecule has 0 saturated carbocycles. The van der Waals surface area contributed by atoms with Gasteiger partial charge in [-0.25, -0.2) is 15.8 Å². The van der Waals surface area contributed by atoms with Crippen molar-refractivity contribution >= 4 is 22.6 Å². The SMILES string of the molecule is NNc1cc(C(=O)NCc2ncn[nH]2)c2ccccc2n1. The molecule has 0 unspecified atom stereocenters. The van der Waals surface area contributed by atoms with Crippen LogP contribution in [0, 0.1) is 0 Å². The second-order valence-electron chi connectivity index (χ2n) is 4.33. The lowest BCUT2D eigenvalue weighted by Crippen LogP contribution is -2.24. The first-order valence-corrected chi connectivity index (χ1v) is 6.27. The number of hydrazine groups is 1. The van der Waals surface area contributed by atoms with Gasteiger partial charge in [0.1, 0.15) is 18.0 Å². The van der Waals surface area contributed by atoms with Crippen LogP contribution in [0.2, 0.25) is 0 Å². The number of nitrogens with two attached hydrogens (primary N) is 1. The van der Waals surface area contributed by atoms with E-state index in [2.05, 4.69) is 30.9 Å². The smallest absolute Gasteiger partial charge is 0.252 e. The van der Waals surface area contributed by atoms with E-state index < -0.39 is 0 Å². The predicted octanol–water partition coefficient (Wildman–Crippen LogP) is 0.568. The van der Waals surface area contributed by atoms with Crippen molar-refractivity contribution in [1.82, 2.24) is 25.5 Å². The number of para-hydroxylation sites is 1. The topological polar surface area (TPSA) is 122 Å². The molecule has 8 heteroatoms. The molecule has 5 N–H and O–H groups in total. The summed E-state index contributed by atoms with van der Waals surface area (Å²) in [5.41, 5.74) is 3.65. The number of nitrogen functional groups attached to an aromatic ring is 1. The Kier molecular flexibility index (Phi) is 3.44. The first kappa shape index (κ1) is 13.0. The van der Waals surface area contributed by atoms with Gasteiger partial charge in [0.05, 0.1) is 17.6 Å². The lowest BCUT2D eigenvalue weighted by molar-refractivity contribution is 0.0951. The predicted molar refractivity (Wildman–Crippen MR) is 77.1 cm³/mol. The second-order valence-corrected chi connectivity index (χ2v) is 4.33. The molecule has 8 nitrogen and oxygen atoms in total. The standard InChI is InChI=1S/C13H13N7O/c14-19-11-5-9(8-3-1-2-4-10(8)18-11)13(21)15-6-12-16-7-17-20-12/h1-5,7H,6,14H2,(H,15,21)(H,18,19)(H,16,17,20). The number of carbonyl (C=O) groups excluding carboxylic acids is 1. The minimum Gasteiger partial charge on any atom is -0.345 e. The molecule has 0 fully saturated rings. The highest BCUT2D eigenvalue weighted by Crippen LogP contribution is 2.20. The summed E-state index contributed by atoms with van der Waals surface area (Å²) in [6.07, 6.45) is 1.39. The Balaban J connectivity index is 1.92. The number of amides is 1. The van der Waals surface area contributed by atoms with Gasteiger partial charge in [-0.2, -0.15) is 5.10 Å². The molecular formula is C13H13N7O. The maximum Gasteiger partial charge on any atom is 0.252 e. The number of nitrogens with zero attached hydrogens (tertiary/aromatic N) is 3. The van der Waals surface area contributed by atoms with Gasteiger partial charge < -0.3 is 10.7 Å². The van der Waals surface area contributed by atoms with Crippen molar-refractivity contribution < 1.29 is 4.79 Å². The van der Waals surface area contributed by atoms with Gasteiger partial charge in [0.25, 0.3) is 5.91 Å². The van der Waals surface area contributed by atoms with Gasteiger partial charge in [-0.15, -0.1) is 0 Å². The van der Waals surface area contributed by atoms with E-state index in [-0.39, 0.29) is 12.5 Å². The number of hydrogen-bond donors (Lipinski definition) is 4. The normalized spacial score (nSPS) is 10.5. The number of benzene rings is 1. The molecule has 3 rings (SSSR count). The van der Waals surface area contributed by atoms with E-state index in [9.17, 15) is 4.79 Å². The number of pyridine rings is 1. The first-order chi connectivity index (χ1) is 10.3. The van der Waals surface area contributed by atoms with Gasteiger partial charge in [-0.1, -0.05) is 18.2 Å². The molecule has 3 aromatic rings. The van der Waals surface area contributed by atoms with Crippen molar-refractivity contribution in [2.75, 3.05) is 5.43 Å². The Morgan fingerprint density at radius 1 is 1.33 bits per heavy atom. The fourth-order valence-electron chi connectivity index (χ4n) is 2.01. The summed E-state index contributed by atoms with van der Waals surface area (Å²) in [7, 11) is 0. The van der Waals surface area contributed by atoms with Gasteiger partial charge in [-0.05, 0) is 12.1 Å². The molecular weight excluding hydrogens is 270 g/mol. The van der Waals surface area contributed by atoms with Gasteiger partial charge in [0.15, 0.2) is 0 Å². The molecule has 0 aliphatic rings. The van der Waals surface area contributed by atoms with E-state index >= 15 is 0 Å². The van der Waals surface area contributed by atoms with Crippen LogP contribution in [0.25, 0.3) is 10.9 Å². The van der Waals surface area contributed by atoms with Gasteiger partial charge >= 0.3 is 0 Å². The Bertz CT molecular complexity index is 769. The van der Waals surface area contributed by atoms with Crippen LogP contribution in [0.4, 0.5) is 5.82 Å². The Morgan fingerprint density at radius 2 is 2.19 bits per heavy atom. The Morgan fingerprint density at radius 3 is 2.95 bits per heavy atom. The van der Waals surface area contributed by atoms with Crippen LogP contribution < -0.4 is 16.6 Å². The molecule has 0 bridgehead atoms. The summed E-state index contributed by atoms with van der Waals surface area (Å²) in [6, 6.07) is 8.98. The van der Waals surface area contributed by atoms with Crippen molar-refractivity contribution in [3.63, 3.8) is 0 Å². The molecule has 0 aliphatic carbocycles. The second kappa shape index (κ2) is 5.55. The Labute approximate surface area is 119 Å². The summed E-state index contributed by atoms with van der Waals surface area (Å²) in [5.74, 6) is 6.17. The quantitative estimate of drug-likeness (QED) is 0.410. The molecule has 0 radical (unpaired) electrons. The lowest BCUT2D eigenvalue weighted by atomic mass is 10.1. The molecule has 2 heterocycles. The number of H-pyrrole nitrogens is 1. The maximum absolute atomic E-state index is 12.4. The summed E-state index contributed by atoms with van der Waals surface area (Å²) in [4.78, 5) is 20.6. The zero-order chi connectivity index (χ0) is 14.7. The molecule has 106 valence electrons. The van der Waals surface area contributed by atoms with Crippen LogP contribution in [-0.4, -0.2) is 26.1 Å². The molecule has 1 aromatic carbocycles. The minimum absolute atomic E-state index is 0.235. The monoisotopic (exact) mass is 283 g/mol. The van der Waals surface area contributed by atoms with Crippen molar-refractivity contribution in [2.45, 2.75) is 6.54 Å². The van der Waals surface area contributed by atoms with E-state index in [1.54, 1.807) is 6.07 Å². The molecule has 0 aliphatic heterocycles. The maximum atomic E-state index is 12.4. The first-order valence-electron chi connectivity index (χ1n) is 6.27. The van der Waals surface area contributed by atoms with Gasteiger partial charge in [0.2, 0.25) is 0 Å². The van der Waals surface area contributed by atoms with Crippen LogP contribution >= 0.6 is 0 Å². The van der Waals surface area contributed by atoms with E-state index in [0.29, 0.717) is 22.7 Å². The van der Waals surface area contributed by atoms with Crippen molar-refractivity contribution in [3.8, 4) is 0 Å². The molecule has 0 atom stereocenters. The van der Waals surface area contributed by atoms with E-state index in [4.69, 9.17) is 5.84 Å². The van der Waals surface area contributed by atoms with E-state index in [0.717, 1.165) is 5.39 Å². The van der Waals surface area contributed by atoms with Crippen LogP contribution in [0.15, 0.2) is 36.7 Å². The van der Waals surface area contributed by atoms with E-state index in [1.165, 1.54) is 6.33 Å².